The van der Waals surface area contributed by atoms with Gasteiger partial charge in [-0.1, -0.05) is 6.07 Å². The molecule has 4 rings (SSSR count). The summed E-state index contributed by atoms with van der Waals surface area (Å²) in [6.45, 7) is 0.438. The van der Waals surface area contributed by atoms with Crippen LogP contribution in [0.15, 0.2) is 29.6 Å². The highest BCUT2D eigenvalue weighted by atomic mass is 32.1. The second-order valence-electron chi connectivity index (χ2n) is 4.67. The van der Waals surface area contributed by atoms with Crippen LogP contribution in [0.3, 0.4) is 0 Å². The van der Waals surface area contributed by atoms with E-state index in [2.05, 4.69) is 14.5 Å². The van der Waals surface area contributed by atoms with Crippen LogP contribution in [-0.4, -0.2) is 15.8 Å². The van der Waals surface area contributed by atoms with Crippen LogP contribution in [0.2, 0.25) is 0 Å². The van der Waals surface area contributed by atoms with Crippen molar-refractivity contribution in [3.05, 3.63) is 40.3 Å². The molecule has 0 unspecified atom stereocenters. The van der Waals surface area contributed by atoms with Gasteiger partial charge in [-0.3, -0.25) is 0 Å². The molecule has 0 saturated heterocycles. The minimum atomic E-state index is -3.67. The molecule has 0 atom stereocenters. The standard InChI is InChI=1S/C14H7F2N3O2S/c15-14(16)20-11-4-9-10(5-12(11)21-14)19(13(6-17)18-9)7-8-2-1-3-22-8/h1-5H,7H2. The fourth-order valence-electron chi connectivity index (χ4n) is 2.37. The third-order valence-electron chi connectivity index (χ3n) is 3.27. The van der Waals surface area contributed by atoms with Crippen LogP contribution in [-0.2, 0) is 6.54 Å². The van der Waals surface area contributed by atoms with Gasteiger partial charge in [0, 0.05) is 17.0 Å². The second kappa shape index (κ2) is 4.42. The van der Waals surface area contributed by atoms with Gasteiger partial charge in [0.05, 0.1) is 17.6 Å². The maximum Gasteiger partial charge on any atom is 0.586 e. The van der Waals surface area contributed by atoms with E-state index in [0.717, 1.165) is 4.88 Å². The predicted octanol–water partition coefficient (Wildman–Crippen LogP) is 3.34. The number of halogens is 2. The zero-order chi connectivity index (χ0) is 15.3. The first-order valence-electron chi connectivity index (χ1n) is 6.28. The topological polar surface area (TPSA) is 60.1 Å². The van der Waals surface area contributed by atoms with Crippen molar-refractivity contribution in [3.8, 4) is 17.6 Å². The Labute approximate surface area is 126 Å². The van der Waals surface area contributed by atoms with Crippen molar-refractivity contribution in [1.29, 1.82) is 5.26 Å². The van der Waals surface area contributed by atoms with Crippen molar-refractivity contribution in [3.63, 3.8) is 0 Å². The molecule has 0 spiro atoms. The number of aromatic nitrogens is 2. The first kappa shape index (κ1) is 13.0. The van der Waals surface area contributed by atoms with Crippen LogP contribution < -0.4 is 9.47 Å². The Bertz CT molecular complexity index is 912. The molecule has 0 radical (unpaired) electrons. The number of fused-ring (bicyclic) bond motifs is 2. The van der Waals surface area contributed by atoms with E-state index in [4.69, 9.17) is 0 Å². The van der Waals surface area contributed by atoms with E-state index in [-0.39, 0.29) is 17.3 Å². The Morgan fingerprint density at radius 3 is 2.77 bits per heavy atom. The van der Waals surface area contributed by atoms with Gasteiger partial charge in [-0.15, -0.1) is 20.1 Å². The van der Waals surface area contributed by atoms with Crippen LogP contribution in [0.25, 0.3) is 11.0 Å². The number of alkyl halides is 2. The van der Waals surface area contributed by atoms with E-state index in [1.54, 1.807) is 15.9 Å². The molecule has 3 heterocycles. The number of ether oxygens (including phenoxy) is 2. The molecule has 1 aliphatic rings. The van der Waals surface area contributed by atoms with Crippen LogP contribution in [0.4, 0.5) is 8.78 Å². The first-order valence-corrected chi connectivity index (χ1v) is 7.16. The Kier molecular flexibility index (Phi) is 2.62. The highest BCUT2D eigenvalue weighted by molar-refractivity contribution is 7.09. The normalized spacial score (nSPS) is 15.1. The van der Waals surface area contributed by atoms with Gasteiger partial charge in [0.15, 0.2) is 11.5 Å². The van der Waals surface area contributed by atoms with Gasteiger partial charge < -0.3 is 14.0 Å². The lowest BCUT2D eigenvalue weighted by molar-refractivity contribution is -0.286. The Hall–Kier alpha value is -2.66. The summed E-state index contributed by atoms with van der Waals surface area (Å²) in [5.74, 6) is 0.0657. The largest absolute Gasteiger partial charge is 0.586 e. The smallest absolute Gasteiger partial charge is 0.395 e. The van der Waals surface area contributed by atoms with Crippen molar-refractivity contribution in [1.82, 2.24) is 9.55 Å². The molecule has 22 heavy (non-hydrogen) atoms. The number of benzene rings is 1. The van der Waals surface area contributed by atoms with Crippen LogP contribution in [0, 0.1) is 11.3 Å². The van der Waals surface area contributed by atoms with Gasteiger partial charge in [0.2, 0.25) is 5.82 Å². The summed E-state index contributed by atoms with van der Waals surface area (Å²) >= 11 is 1.54. The predicted molar refractivity (Wildman–Crippen MR) is 74.1 cm³/mol. The maximum absolute atomic E-state index is 13.1. The monoisotopic (exact) mass is 319 g/mol. The molecular weight excluding hydrogens is 312 g/mol. The van der Waals surface area contributed by atoms with Crippen LogP contribution in [0.1, 0.15) is 10.7 Å². The number of imidazole rings is 1. The van der Waals surface area contributed by atoms with Gasteiger partial charge >= 0.3 is 6.29 Å². The Morgan fingerprint density at radius 1 is 1.32 bits per heavy atom. The third-order valence-corrected chi connectivity index (χ3v) is 4.13. The number of nitriles is 1. The fourth-order valence-corrected chi connectivity index (χ4v) is 3.07. The molecule has 1 aliphatic heterocycles. The summed E-state index contributed by atoms with van der Waals surface area (Å²) in [5.41, 5.74) is 0.957. The zero-order valence-electron chi connectivity index (χ0n) is 10.9. The van der Waals surface area contributed by atoms with Crippen molar-refractivity contribution >= 4 is 22.4 Å². The molecular formula is C14H7F2N3O2S. The van der Waals surface area contributed by atoms with Crippen molar-refractivity contribution < 1.29 is 18.3 Å². The summed E-state index contributed by atoms with van der Waals surface area (Å²) in [6, 6.07) is 8.63. The maximum atomic E-state index is 13.1. The van der Waals surface area contributed by atoms with Crippen molar-refractivity contribution in [2.45, 2.75) is 12.8 Å². The molecule has 8 heteroatoms. The van der Waals surface area contributed by atoms with Crippen molar-refractivity contribution in [2.75, 3.05) is 0 Å². The average Bonchev–Trinajstić information content (AvgIpc) is 3.14. The van der Waals surface area contributed by atoms with Gasteiger partial charge in [0.1, 0.15) is 6.07 Å². The minimum Gasteiger partial charge on any atom is -0.395 e. The lowest BCUT2D eigenvalue weighted by Crippen LogP contribution is -2.25. The molecule has 1 aromatic carbocycles. The fraction of sp³-hybridized carbons (Fsp3) is 0.143. The van der Waals surface area contributed by atoms with E-state index >= 15 is 0 Å². The number of rotatable bonds is 2. The summed E-state index contributed by atoms with van der Waals surface area (Å²) in [5, 5.41) is 11.2. The van der Waals surface area contributed by atoms with Crippen molar-refractivity contribution in [2.24, 2.45) is 0 Å². The molecule has 0 bridgehead atoms. The third kappa shape index (κ3) is 1.98. The van der Waals surface area contributed by atoms with Crippen LogP contribution in [0.5, 0.6) is 11.5 Å². The van der Waals surface area contributed by atoms with Gasteiger partial charge in [-0.05, 0) is 11.4 Å². The minimum absolute atomic E-state index is 0.0608. The van der Waals surface area contributed by atoms with E-state index in [9.17, 15) is 14.0 Å². The quantitative estimate of drug-likeness (QED) is 0.727. The first-order chi connectivity index (χ1) is 10.6. The average molecular weight is 319 g/mol. The number of nitrogens with zero attached hydrogens (tertiary/aromatic N) is 3. The summed E-state index contributed by atoms with van der Waals surface area (Å²) in [4.78, 5) is 5.19. The Morgan fingerprint density at radius 2 is 2.09 bits per heavy atom. The number of thiophene rings is 1. The molecule has 5 nitrogen and oxygen atoms in total. The van der Waals surface area contributed by atoms with E-state index in [0.29, 0.717) is 17.6 Å². The summed E-state index contributed by atoms with van der Waals surface area (Å²) in [6.07, 6.45) is -3.67. The SMILES string of the molecule is N#Cc1nc2cc3c(cc2n1Cc1cccs1)OC(F)(F)O3. The van der Waals surface area contributed by atoms with Crippen LogP contribution >= 0.6 is 11.3 Å². The lowest BCUT2D eigenvalue weighted by atomic mass is 10.2. The second-order valence-corrected chi connectivity index (χ2v) is 5.70. The molecule has 0 amide bonds. The van der Waals surface area contributed by atoms with E-state index in [1.807, 2.05) is 23.6 Å². The lowest BCUT2D eigenvalue weighted by Gasteiger charge is -2.05. The molecule has 3 aromatic rings. The molecule has 0 saturated carbocycles. The van der Waals surface area contributed by atoms with E-state index < -0.39 is 6.29 Å². The molecule has 0 fully saturated rings. The van der Waals surface area contributed by atoms with Gasteiger partial charge in [0.25, 0.3) is 0 Å². The molecule has 2 aromatic heterocycles. The highest BCUT2D eigenvalue weighted by Crippen LogP contribution is 2.43. The number of hydrogen-bond acceptors (Lipinski definition) is 5. The molecule has 0 N–H and O–H groups in total. The van der Waals surface area contributed by atoms with E-state index in [1.165, 1.54) is 12.1 Å². The van der Waals surface area contributed by atoms with Gasteiger partial charge in [-0.25, -0.2) is 4.98 Å². The summed E-state index contributed by atoms with van der Waals surface area (Å²) in [7, 11) is 0. The summed E-state index contributed by atoms with van der Waals surface area (Å²) < 4.78 is 36.8. The molecule has 0 aliphatic carbocycles. The Balaban J connectivity index is 1.87. The molecule has 110 valence electrons. The van der Waals surface area contributed by atoms with Gasteiger partial charge in [-0.2, -0.15) is 5.26 Å². The number of hydrogen-bond donors (Lipinski definition) is 0. The zero-order valence-corrected chi connectivity index (χ0v) is 11.7. The highest BCUT2D eigenvalue weighted by Gasteiger charge is 2.43.